The maximum atomic E-state index is 11.6. The Balaban J connectivity index is 2.22. The Labute approximate surface area is 131 Å². The van der Waals surface area contributed by atoms with Gasteiger partial charge in [-0.2, -0.15) is 0 Å². The molecule has 1 heterocycles. The lowest BCUT2D eigenvalue weighted by atomic mass is 10.1. The van der Waals surface area contributed by atoms with Crippen LogP contribution in [0.3, 0.4) is 0 Å². The van der Waals surface area contributed by atoms with Gasteiger partial charge in [0.05, 0.1) is 11.2 Å². The van der Waals surface area contributed by atoms with Crippen LogP contribution in [0, 0.1) is 0 Å². The van der Waals surface area contributed by atoms with Gasteiger partial charge in [-0.05, 0) is 52.2 Å². The Morgan fingerprint density at radius 1 is 1.14 bits per heavy atom. The van der Waals surface area contributed by atoms with Gasteiger partial charge < -0.3 is 10.3 Å². The van der Waals surface area contributed by atoms with Gasteiger partial charge in [0.2, 0.25) is 5.56 Å². The van der Waals surface area contributed by atoms with E-state index in [-0.39, 0.29) is 5.56 Å². The van der Waals surface area contributed by atoms with Gasteiger partial charge in [-0.1, -0.05) is 25.1 Å². The summed E-state index contributed by atoms with van der Waals surface area (Å²) >= 11 is 3.63. The molecular formula is C17H15BrN2O. The highest BCUT2D eigenvalue weighted by Crippen LogP contribution is 2.35. The topological polar surface area (TPSA) is 44.9 Å². The zero-order valence-corrected chi connectivity index (χ0v) is 13.2. The van der Waals surface area contributed by atoms with Gasteiger partial charge in [0.1, 0.15) is 0 Å². The molecule has 4 heteroatoms. The van der Waals surface area contributed by atoms with Crippen LogP contribution in [0.1, 0.15) is 12.5 Å². The lowest BCUT2D eigenvalue weighted by molar-refractivity contribution is 1.13. The number of para-hydroxylation sites is 1. The van der Waals surface area contributed by atoms with Crippen LogP contribution < -0.4 is 10.9 Å². The summed E-state index contributed by atoms with van der Waals surface area (Å²) in [5.74, 6) is 0. The predicted molar refractivity (Wildman–Crippen MR) is 91.4 cm³/mol. The Morgan fingerprint density at radius 3 is 2.62 bits per heavy atom. The lowest BCUT2D eigenvalue weighted by Crippen LogP contribution is -2.06. The molecule has 0 bridgehead atoms. The summed E-state index contributed by atoms with van der Waals surface area (Å²) < 4.78 is 0.989. The molecule has 2 N–H and O–H groups in total. The first-order valence-corrected chi connectivity index (χ1v) is 7.65. The van der Waals surface area contributed by atoms with E-state index in [0.717, 1.165) is 38.7 Å². The van der Waals surface area contributed by atoms with Crippen LogP contribution in [0.25, 0.3) is 10.9 Å². The zero-order valence-electron chi connectivity index (χ0n) is 11.6. The van der Waals surface area contributed by atoms with Crippen LogP contribution in [0.15, 0.2) is 57.8 Å². The summed E-state index contributed by atoms with van der Waals surface area (Å²) in [5, 5.41) is 4.42. The van der Waals surface area contributed by atoms with Crippen molar-refractivity contribution in [3.8, 4) is 0 Å². The number of fused-ring (bicyclic) bond motifs is 1. The summed E-state index contributed by atoms with van der Waals surface area (Å²) in [5.41, 5.74) is 3.91. The van der Waals surface area contributed by atoms with Crippen LogP contribution in [0.4, 0.5) is 11.4 Å². The molecule has 1 aromatic heterocycles. The maximum Gasteiger partial charge on any atom is 0.248 e. The molecule has 0 unspecified atom stereocenters. The number of aromatic amines is 1. The number of hydrogen-bond donors (Lipinski definition) is 2. The van der Waals surface area contributed by atoms with Crippen molar-refractivity contribution < 1.29 is 0 Å². The van der Waals surface area contributed by atoms with Crippen LogP contribution in [0.5, 0.6) is 0 Å². The van der Waals surface area contributed by atoms with Gasteiger partial charge in [0.15, 0.2) is 0 Å². The molecule has 0 aliphatic heterocycles. The Kier molecular flexibility index (Phi) is 3.80. The molecule has 0 saturated heterocycles. The van der Waals surface area contributed by atoms with E-state index in [9.17, 15) is 4.79 Å². The van der Waals surface area contributed by atoms with E-state index in [1.807, 2.05) is 36.4 Å². The summed E-state index contributed by atoms with van der Waals surface area (Å²) in [6.45, 7) is 2.08. The van der Waals surface area contributed by atoms with E-state index in [4.69, 9.17) is 0 Å². The number of hydrogen-bond acceptors (Lipinski definition) is 2. The fraction of sp³-hybridized carbons (Fsp3) is 0.118. The molecule has 3 nitrogen and oxygen atoms in total. The van der Waals surface area contributed by atoms with Gasteiger partial charge in [-0.15, -0.1) is 0 Å². The molecular weight excluding hydrogens is 328 g/mol. The highest BCUT2D eigenvalue weighted by Gasteiger charge is 2.11. The van der Waals surface area contributed by atoms with Crippen molar-refractivity contribution in [3.05, 3.63) is 68.9 Å². The summed E-state index contributed by atoms with van der Waals surface area (Å²) in [6.07, 6.45) is 0.862. The number of halogens is 1. The number of benzene rings is 2. The highest BCUT2D eigenvalue weighted by molar-refractivity contribution is 9.10. The normalized spacial score (nSPS) is 10.8. The van der Waals surface area contributed by atoms with Gasteiger partial charge in [0.25, 0.3) is 0 Å². The van der Waals surface area contributed by atoms with E-state index in [2.05, 4.69) is 39.2 Å². The molecule has 0 aliphatic rings. The molecule has 0 saturated carbocycles. The monoisotopic (exact) mass is 342 g/mol. The molecule has 0 fully saturated rings. The van der Waals surface area contributed by atoms with Crippen molar-refractivity contribution in [2.75, 3.05) is 5.32 Å². The fourth-order valence-electron chi connectivity index (χ4n) is 2.43. The van der Waals surface area contributed by atoms with Crippen LogP contribution in [0.2, 0.25) is 0 Å². The highest BCUT2D eigenvalue weighted by atomic mass is 79.9. The number of rotatable bonds is 3. The van der Waals surface area contributed by atoms with Gasteiger partial charge in [0, 0.05) is 21.6 Å². The predicted octanol–water partition coefficient (Wildman–Crippen LogP) is 4.60. The molecule has 3 aromatic rings. The quantitative estimate of drug-likeness (QED) is 0.730. The second kappa shape index (κ2) is 5.74. The third-order valence-electron chi connectivity index (χ3n) is 3.47. The van der Waals surface area contributed by atoms with Gasteiger partial charge >= 0.3 is 0 Å². The number of anilines is 2. The summed E-state index contributed by atoms with van der Waals surface area (Å²) in [6, 6.07) is 15.5. The van der Waals surface area contributed by atoms with Crippen LogP contribution in [-0.4, -0.2) is 4.98 Å². The molecule has 0 radical (unpaired) electrons. The molecule has 106 valence electrons. The maximum absolute atomic E-state index is 11.6. The van der Waals surface area contributed by atoms with Crippen molar-refractivity contribution in [1.29, 1.82) is 0 Å². The minimum atomic E-state index is -0.0785. The largest absolute Gasteiger partial charge is 0.354 e. The third kappa shape index (κ3) is 2.72. The van der Waals surface area contributed by atoms with Crippen LogP contribution in [-0.2, 0) is 6.42 Å². The second-order valence-electron chi connectivity index (χ2n) is 4.85. The third-order valence-corrected chi connectivity index (χ3v) is 4.10. The molecule has 0 spiro atoms. The Morgan fingerprint density at radius 2 is 1.90 bits per heavy atom. The number of aryl methyl sites for hydroxylation is 1. The van der Waals surface area contributed by atoms with E-state index in [1.54, 1.807) is 6.07 Å². The molecule has 0 amide bonds. The number of H-pyrrole nitrogens is 1. The first-order chi connectivity index (χ1) is 10.2. The minimum Gasteiger partial charge on any atom is -0.354 e. The number of aromatic nitrogens is 1. The van der Waals surface area contributed by atoms with Crippen molar-refractivity contribution in [2.45, 2.75) is 13.3 Å². The van der Waals surface area contributed by atoms with E-state index in [0.29, 0.717) is 0 Å². The SMILES string of the molecule is CCc1cc(Br)c(Nc2ccccc2)c2ccc(=O)[nH]c12. The second-order valence-corrected chi connectivity index (χ2v) is 5.70. The number of pyridine rings is 1. The first kappa shape index (κ1) is 13.9. The van der Waals surface area contributed by atoms with Gasteiger partial charge in [-0.25, -0.2) is 0 Å². The average Bonchev–Trinajstić information content (AvgIpc) is 2.51. The smallest absolute Gasteiger partial charge is 0.248 e. The summed E-state index contributed by atoms with van der Waals surface area (Å²) in [4.78, 5) is 14.6. The standard InChI is InChI=1S/C17H15BrN2O/c1-2-11-10-14(18)17(19-12-6-4-3-5-7-12)13-8-9-15(21)20-16(11)13/h3-10,19H,2H2,1H3,(H,20,21). The van der Waals surface area contributed by atoms with Crippen molar-refractivity contribution in [3.63, 3.8) is 0 Å². The number of nitrogens with one attached hydrogen (secondary N) is 2. The van der Waals surface area contributed by atoms with Crippen molar-refractivity contribution in [2.24, 2.45) is 0 Å². The fourth-order valence-corrected chi connectivity index (χ4v) is 3.02. The Hall–Kier alpha value is -2.07. The van der Waals surface area contributed by atoms with Crippen molar-refractivity contribution >= 4 is 38.2 Å². The average molecular weight is 343 g/mol. The molecule has 0 atom stereocenters. The lowest BCUT2D eigenvalue weighted by Gasteiger charge is -2.14. The molecule has 21 heavy (non-hydrogen) atoms. The van der Waals surface area contributed by atoms with Crippen molar-refractivity contribution in [1.82, 2.24) is 4.98 Å². The molecule has 3 rings (SSSR count). The van der Waals surface area contributed by atoms with E-state index in [1.165, 1.54) is 0 Å². The Bertz CT molecular complexity index is 841. The zero-order chi connectivity index (χ0) is 14.8. The minimum absolute atomic E-state index is 0.0785. The molecule has 0 aliphatic carbocycles. The van der Waals surface area contributed by atoms with Gasteiger partial charge in [-0.3, -0.25) is 4.79 Å². The first-order valence-electron chi connectivity index (χ1n) is 6.85. The van der Waals surface area contributed by atoms with E-state index >= 15 is 0 Å². The van der Waals surface area contributed by atoms with Crippen LogP contribution >= 0.6 is 15.9 Å². The van der Waals surface area contributed by atoms with E-state index < -0.39 is 0 Å². The summed E-state index contributed by atoms with van der Waals surface area (Å²) in [7, 11) is 0. The molecule has 2 aromatic carbocycles.